The lowest BCUT2D eigenvalue weighted by Gasteiger charge is -2.32. The molecule has 0 spiro atoms. The van der Waals surface area contributed by atoms with Crippen LogP contribution >= 0.6 is 0 Å². The lowest BCUT2D eigenvalue weighted by molar-refractivity contribution is -0.122. The van der Waals surface area contributed by atoms with E-state index in [1.165, 1.54) is 57.8 Å². The van der Waals surface area contributed by atoms with Crippen LogP contribution in [0.25, 0.3) is 0 Å². The summed E-state index contributed by atoms with van der Waals surface area (Å²) in [6.07, 6.45) is 13.8. The van der Waals surface area contributed by atoms with E-state index in [0.29, 0.717) is 24.5 Å². The van der Waals surface area contributed by atoms with E-state index < -0.39 is 0 Å². The second kappa shape index (κ2) is 8.13. The van der Waals surface area contributed by atoms with Crippen LogP contribution in [0.4, 0.5) is 0 Å². The first-order valence-electron chi connectivity index (χ1n) is 9.52. The molecule has 0 saturated heterocycles. The molecule has 3 rings (SSSR count). The van der Waals surface area contributed by atoms with Gasteiger partial charge in [0, 0.05) is 31.3 Å². The third kappa shape index (κ3) is 4.46. The Morgan fingerprint density at radius 2 is 1.91 bits per heavy atom. The van der Waals surface area contributed by atoms with Crippen molar-refractivity contribution in [1.82, 2.24) is 15.2 Å². The molecule has 1 heterocycles. The largest absolute Gasteiger partial charge is 0.353 e. The first-order chi connectivity index (χ1) is 11.2. The highest BCUT2D eigenvalue weighted by Gasteiger charge is 2.33. The molecule has 2 saturated carbocycles. The Hall–Kier alpha value is -1.10. The zero-order valence-corrected chi connectivity index (χ0v) is 14.5. The minimum Gasteiger partial charge on any atom is -0.353 e. The van der Waals surface area contributed by atoms with Gasteiger partial charge in [0.25, 0.3) is 0 Å². The summed E-state index contributed by atoms with van der Waals surface area (Å²) >= 11 is 0. The van der Waals surface area contributed by atoms with Crippen LogP contribution in [-0.2, 0) is 4.79 Å². The Balaban J connectivity index is 1.34. The number of hydrogen-bond donors (Lipinski definition) is 1. The van der Waals surface area contributed by atoms with Crippen molar-refractivity contribution in [1.29, 1.82) is 0 Å². The number of likely N-dealkylation sites (N-methyl/N-ethyl adjacent to an activating group) is 1. The third-order valence-electron chi connectivity index (χ3n) is 5.86. The maximum absolute atomic E-state index is 12.2. The average molecular weight is 320 g/mol. The number of fused-ring (bicyclic) bond motifs is 1. The van der Waals surface area contributed by atoms with Crippen LogP contribution < -0.4 is 5.32 Å². The second-order valence-electron chi connectivity index (χ2n) is 7.50. The molecule has 0 bridgehead atoms. The quantitative estimate of drug-likeness (QED) is 0.816. The summed E-state index contributed by atoms with van der Waals surface area (Å²) in [5.74, 6) is 0.694. The van der Waals surface area contributed by atoms with Crippen LogP contribution in [0.3, 0.4) is 0 Å². The smallest absolute Gasteiger partial charge is 0.241 e. The molecular weight excluding hydrogens is 288 g/mol. The molecule has 0 aromatic rings. The van der Waals surface area contributed by atoms with Crippen LogP contribution in [0.15, 0.2) is 5.10 Å². The maximum atomic E-state index is 12.2. The number of carbonyl (C=O) groups excluding carboxylic acids is 1. The van der Waals surface area contributed by atoms with Gasteiger partial charge in [0.2, 0.25) is 5.91 Å². The predicted octanol–water partition coefficient (Wildman–Crippen LogP) is 2.23. The van der Waals surface area contributed by atoms with Crippen molar-refractivity contribution >= 4 is 12.1 Å². The molecule has 3 aliphatic rings. The molecule has 1 aliphatic heterocycles. The molecule has 2 fully saturated rings. The zero-order chi connectivity index (χ0) is 16.1. The molecular formula is C18H32N4O. The normalized spacial score (nSPS) is 28.2. The molecule has 5 nitrogen and oxygen atoms in total. The van der Waals surface area contributed by atoms with E-state index in [9.17, 15) is 4.79 Å². The van der Waals surface area contributed by atoms with Crippen LogP contribution in [0.5, 0.6) is 0 Å². The first-order valence-corrected chi connectivity index (χ1v) is 9.52. The van der Waals surface area contributed by atoms with Crippen LogP contribution in [0, 0.1) is 5.92 Å². The monoisotopic (exact) mass is 320 g/mol. The Labute approximate surface area is 140 Å². The summed E-state index contributed by atoms with van der Waals surface area (Å²) in [4.78, 5) is 14.6. The molecule has 1 amide bonds. The van der Waals surface area contributed by atoms with Gasteiger partial charge in [-0.3, -0.25) is 9.80 Å². The second-order valence-corrected chi connectivity index (χ2v) is 7.50. The van der Waals surface area contributed by atoms with E-state index in [1.807, 2.05) is 5.01 Å². The van der Waals surface area contributed by atoms with E-state index in [4.69, 9.17) is 0 Å². The number of nitrogens with one attached hydrogen (secondary N) is 1. The molecule has 130 valence electrons. The van der Waals surface area contributed by atoms with Gasteiger partial charge in [0.05, 0.1) is 6.04 Å². The van der Waals surface area contributed by atoms with Crippen molar-refractivity contribution in [2.75, 3.05) is 26.7 Å². The molecule has 1 N–H and O–H groups in total. The minimum absolute atomic E-state index is 0.116. The van der Waals surface area contributed by atoms with Gasteiger partial charge < -0.3 is 10.2 Å². The maximum Gasteiger partial charge on any atom is 0.241 e. The van der Waals surface area contributed by atoms with E-state index in [0.717, 1.165) is 13.1 Å². The molecule has 0 radical (unpaired) electrons. The van der Waals surface area contributed by atoms with Gasteiger partial charge >= 0.3 is 0 Å². The first kappa shape index (κ1) is 16.7. The summed E-state index contributed by atoms with van der Waals surface area (Å²) in [5, 5.41) is 9.57. The molecule has 2 atom stereocenters. The van der Waals surface area contributed by atoms with Gasteiger partial charge in [-0.15, -0.1) is 0 Å². The number of hydrogen-bond acceptors (Lipinski definition) is 4. The molecule has 0 aromatic heterocycles. The lowest BCUT2D eigenvalue weighted by atomic mass is 9.86. The average Bonchev–Trinajstić information content (AvgIpc) is 2.99. The highest BCUT2D eigenvalue weighted by Crippen LogP contribution is 2.31. The van der Waals surface area contributed by atoms with Gasteiger partial charge in [-0.1, -0.05) is 32.1 Å². The number of rotatable bonds is 6. The van der Waals surface area contributed by atoms with Gasteiger partial charge in [-0.05, 0) is 32.7 Å². The summed E-state index contributed by atoms with van der Waals surface area (Å²) < 4.78 is 0. The molecule has 23 heavy (non-hydrogen) atoms. The minimum atomic E-state index is 0.116. The predicted molar refractivity (Wildman–Crippen MR) is 93.5 cm³/mol. The Kier molecular flexibility index (Phi) is 5.92. The number of nitrogens with zero attached hydrogens (tertiary/aromatic N) is 3. The van der Waals surface area contributed by atoms with Crippen LogP contribution in [0.1, 0.15) is 57.8 Å². The van der Waals surface area contributed by atoms with Crippen molar-refractivity contribution < 1.29 is 4.79 Å². The fourth-order valence-electron chi connectivity index (χ4n) is 4.38. The van der Waals surface area contributed by atoms with Crippen LogP contribution in [0.2, 0.25) is 0 Å². The van der Waals surface area contributed by atoms with E-state index >= 15 is 0 Å². The standard InChI is InChI=1S/C18H32N4O/c1-21(16-8-3-2-4-9-16)12-11-19-18(23)14-22-17-10-6-5-7-15(17)13-20-22/h13,15-17H,2-12,14H2,1H3,(H,19,23). The highest BCUT2D eigenvalue weighted by atomic mass is 16.2. The summed E-state index contributed by atoms with van der Waals surface area (Å²) in [6.45, 7) is 2.12. The van der Waals surface area contributed by atoms with Crippen molar-refractivity contribution in [3.05, 3.63) is 0 Å². The Bertz CT molecular complexity index is 419. The SMILES string of the molecule is CN(CCNC(=O)CN1N=CC2CCCCC21)C1CCCCC1. The van der Waals surface area contributed by atoms with E-state index in [-0.39, 0.29) is 5.91 Å². The Morgan fingerprint density at radius 1 is 1.17 bits per heavy atom. The number of carbonyl (C=O) groups is 1. The summed E-state index contributed by atoms with van der Waals surface area (Å²) in [6, 6.07) is 1.19. The zero-order valence-electron chi connectivity index (χ0n) is 14.5. The number of hydrazone groups is 1. The Morgan fingerprint density at radius 3 is 2.74 bits per heavy atom. The van der Waals surface area contributed by atoms with Gasteiger partial charge in [0.1, 0.15) is 6.54 Å². The highest BCUT2D eigenvalue weighted by molar-refractivity contribution is 5.78. The topological polar surface area (TPSA) is 47.9 Å². The van der Waals surface area contributed by atoms with Crippen LogP contribution in [-0.4, -0.2) is 60.8 Å². The van der Waals surface area contributed by atoms with E-state index in [2.05, 4.69) is 28.6 Å². The van der Waals surface area contributed by atoms with Crippen molar-refractivity contribution in [3.8, 4) is 0 Å². The molecule has 2 aliphatic carbocycles. The number of amides is 1. The van der Waals surface area contributed by atoms with Crippen molar-refractivity contribution in [3.63, 3.8) is 0 Å². The summed E-state index contributed by atoms with van der Waals surface area (Å²) in [5.41, 5.74) is 0. The lowest BCUT2D eigenvalue weighted by Crippen LogP contribution is -2.44. The fraction of sp³-hybridized carbons (Fsp3) is 0.889. The van der Waals surface area contributed by atoms with Gasteiger partial charge in [-0.25, -0.2) is 0 Å². The van der Waals surface area contributed by atoms with Crippen molar-refractivity contribution in [2.45, 2.75) is 69.9 Å². The fourth-order valence-corrected chi connectivity index (χ4v) is 4.38. The van der Waals surface area contributed by atoms with Gasteiger partial charge in [-0.2, -0.15) is 5.10 Å². The summed E-state index contributed by atoms with van der Waals surface area (Å²) in [7, 11) is 2.19. The van der Waals surface area contributed by atoms with Gasteiger partial charge in [0.15, 0.2) is 0 Å². The molecule has 5 heteroatoms. The molecule has 0 aromatic carbocycles. The van der Waals surface area contributed by atoms with E-state index in [1.54, 1.807) is 0 Å². The third-order valence-corrected chi connectivity index (χ3v) is 5.86. The molecule has 2 unspecified atom stereocenters. The van der Waals surface area contributed by atoms with Crippen molar-refractivity contribution in [2.24, 2.45) is 11.0 Å².